The van der Waals surface area contributed by atoms with Gasteiger partial charge in [-0.15, -0.1) is 0 Å². The number of nitro benzene ring substituents is 1. The second kappa shape index (κ2) is 6.01. The molecule has 1 unspecified atom stereocenters. The van der Waals surface area contributed by atoms with Gasteiger partial charge in [0, 0.05) is 18.7 Å². The minimum atomic E-state index is -2.99. The molecule has 0 radical (unpaired) electrons. The lowest BCUT2D eigenvalue weighted by molar-refractivity contribution is -0.384. The van der Waals surface area contributed by atoms with Gasteiger partial charge in [-0.3, -0.25) is 10.1 Å². The Balaban J connectivity index is 2.93. The number of rotatable bonds is 5. The van der Waals surface area contributed by atoms with Gasteiger partial charge in [-0.25, -0.2) is 13.2 Å². The zero-order valence-electron chi connectivity index (χ0n) is 8.74. The van der Waals surface area contributed by atoms with E-state index in [1.807, 2.05) is 0 Å². The number of aliphatic hydroxyl groups is 1. The van der Waals surface area contributed by atoms with Gasteiger partial charge in [-0.1, -0.05) is 0 Å². The summed E-state index contributed by atoms with van der Waals surface area (Å²) in [5.74, 6) is -0.783. The van der Waals surface area contributed by atoms with Crippen LogP contribution in [0.25, 0.3) is 0 Å². The molecule has 0 spiro atoms. The number of alkyl halides is 2. The van der Waals surface area contributed by atoms with Crippen LogP contribution in [0.15, 0.2) is 16.6 Å². The topological polar surface area (TPSA) is 75.4 Å². The molecule has 0 aromatic heterocycles. The molecule has 1 aromatic carbocycles. The summed E-state index contributed by atoms with van der Waals surface area (Å²) in [6, 6.07) is 1.70. The molecule has 0 aliphatic rings. The number of hydrogen-bond acceptors (Lipinski definition) is 4. The smallest absolute Gasteiger partial charge is 0.293 e. The molecule has 0 aliphatic carbocycles. The minimum Gasteiger partial charge on any atom is -0.385 e. The van der Waals surface area contributed by atoms with Gasteiger partial charge >= 0.3 is 0 Å². The van der Waals surface area contributed by atoms with E-state index in [2.05, 4.69) is 21.2 Å². The third-order valence-corrected chi connectivity index (χ3v) is 2.64. The van der Waals surface area contributed by atoms with Crippen molar-refractivity contribution in [2.75, 3.05) is 11.9 Å². The first kappa shape index (κ1) is 14.7. The van der Waals surface area contributed by atoms with Crippen molar-refractivity contribution in [3.63, 3.8) is 0 Å². The standard InChI is InChI=1S/C9H8BrF3N2O3/c10-4-1-7(15(17)18)6(2-5(4)11)14-3-8(16)9(12)13/h1-2,8-9,14,16H,3H2. The van der Waals surface area contributed by atoms with Gasteiger partial charge in [0.2, 0.25) is 0 Å². The lowest BCUT2D eigenvalue weighted by Crippen LogP contribution is -2.27. The van der Waals surface area contributed by atoms with Crippen LogP contribution in [-0.2, 0) is 0 Å². The summed E-state index contributed by atoms with van der Waals surface area (Å²) in [5.41, 5.74) is -0.759. The Labute approximate surface area is 108 Å². The molecule has 1 aromatic rings. The Hall–Kier alpha value is -1.35. The highest BCUT2D eigenvalue weighted by molar-refractivity contribution is 9.10. The van der Waals surface area contributed by atoms with Crippen LogP contribution in [0.2, 0.25) is 0 Å². The van der Waals surface area contributed by atoms with Gasteiger partial charge in [0.25, 0.3) is 12.1 Å². The fourth-order valence-corrected chi connectivity index (χ4v) is 1.46. The predicted molar refractivity (Wildman–Crippen MR) is 61.3 cm³/mol. The van der Waals surface area contributed by atoms with E-state index in [0.29, 0.717) is 0 Å². The third-order valence-electron chi connectivity index (χ3n) is 2.03. The molecular formula is C9H8BrF3N2O3. The Morgan fingerprint density at radius 3 is 2.61 bits per heavy atom. The molecule has 1 atom stereocenters. The fourth-order valence-electron chi connectivity index (χ4n) is 1.13. The predicted octanol–water partition coefficient (Wildman–Crippen LogP) is 2.53. The highest BCUT2D eigenvalue weighted by Gasteiger charge is 2.21. The molecular weight excluding hydrogens is 321 g/mol. The average molecular weight is 329 g/mol. The summed E-state index contributed by atoms with van der Waals surface area (Å²) >= 11 is 2.78. The average Bonchev–Trinajstić information content (AvgIpc) is 2.29. The molecule has 2 N–H and O–H groups in total. The first-order chi connectivity index (χ1) is 8.32. The molecule has 0 amide bonds. The molecule has 0 saturated heterocycles. The SMILES string of the molecule is O=[N+]([O-])c1cc(Br)c(F)cc1NCC(O)C(F)F. The van der Waals surface area contributed by atoms with Crippen molar-refractivity contribution in [3.8, 4) is 0 Å². The van der Waals surface area contributed by atoms with E-state index in [1.165, 1.54) is 0 Å². The summed E-state index contributed by atoms with van der Waals surface area (Å²) in [4.78, 5) is 9.89. The van der Waals surface area contributed by atoms with Crippen molar-refractivity contribution in [1.82, 2.24) is 0 Å². The Morgan fingerprint density at radius 2 is 2.11 bits per heavy atom. The van der Waals surface area contributed by atoms with Crippen LogP contribution < -0.4 is 5.32 Å². The largest absolute Gasteiger partial charge is 0.385 e. The second-order valence-corrected chi connectivity index (χ2v) is 4.18. The molecule has 0 bridgehead atoms. The number of nitro groups is 1. The van der Waals surface area contributed by atoms with Gasteiger partial charge in [0.15, 0.2) is 0 Å². The summed E-state index contributed by atoms with van der Waals surface area (Å²) in [6.45, 7) is -0.625. The maximum Gasteiger partial charge on any atom is 0.293 e. The van der Waals surface area contributed by atoms with Crippen molar-refractivity contribution in [1.29, 1.82) is 0 Å². The maximum absolute atomic E-state index is 13.2. The van der Waals surface area contributed by atoms with Crippen molar-refractivity contribution < 1.29 is 23.2 Å². The number of halogens is 4. The molecule has 1 rings (SSSR count). The van der Waals surface area contributed by atoms with E-state index in [9.17, 15) is 23.3 Å². The van der Waals surface area contributed by atoms with Gasteiger partial charge in [-0.05, 0) is 15.9 Å². The number of hydrogen-bond donors (Lipinski definition) is 2. The Morgan fingerprint density at radius 1 is 1.50 bits per heavy atom. The summed E-state index contributed by atoms with van der Waals surface area (Å²) in [5, 5.41) is 21.7. The summed E-state index contributed by atoms with van der Waals surface area (Å²) in [7, 11) is 0. The van der Waals surface area contributed by atoms with Crippen LogP contribution in [0.5, 0.6) is 0 Å². The number of aliphatic hydroxyl groups excluding tert-OH is 1. The van der Waals surface area contributed by atoms with E-state index in [-0.39, 0.29) is 10.2 Å². The van der Waals surface area contributed by atoms with Crippen molar-refractivity contribution in [2.45, 2.75) is 12.5 Å². The lowest BCUT2D eigenvalue weighted by atomic mass is 10.2. The molecule has 0 fully saturated rings. The first-order valence-electron chi connectivity index (χ1n) is 4.66. The van der Waals surface area contributed by atoms with Crippen LogP contribution >= 0.6 is 15.9 Å². The molecule has 100 valence electrons. The molecule has 18 heavy (non-hydrogen) atoms. The second-order valence-electron chi connectivity index (χ2n) is 3.32. The molecule has 0 heterocycles. The van der Waals surface area contributed by atoms with E-state index in [4.69, 9.17) is 5.11 Å². The Bertz CT molecular complexity index is 459. The van der Waals surface area contributed by atoms with Crippen molar-refractivity contribution in [2.24, 2.45) is 0 Å². The van der Waals surface area contributed by atoms with Crippen LogP contribution in [0, 0.1) is 15.9 Å². The monoisotopic (exact) mass is 328 g/mol. The highest BCUT2D eigenvalue weighted by atomic mass is 79.9. The highest BCUT2D eigenvalue weighted by Crippen LogP contribution is 2.30. The van der Waals surface area contributed by atoms with Crippen LogP contribution in [-0.4, -0.2) is 29.1 Å². The minimum absolute atomic E-state index is 0.117. The normalized spacial score (nSPS) is 12.6. The van der Waals surface area contributed by atoms with Crippen LogP contribution in [0.4, 0.5) is 24.5 Å². The maximum atomic E-state index is 13.2. The summed E-state index contributed by atoms with van der Waals surface area (Å²) in [6.07, 6.45) is -4.98. The first-order valence-corrected chi connectivity index (χ1v) is 5.45. The lowest BCUT2D eigenvalue weighted by Gasteiger charge is -2.12. The summed E-state index contributed by atoms with van der Waals surface area (Å²) < 4.78 is 37.1. The van der Waals surface area contributed by atoms with Gasteiger partial charge < -0.3 is 10.4 Å². The van der Waals surface area contributed by atoms with E-state index in [1.54, 1.807) is 0 Å². The van der Waals surface area contributed by atoms with E-state index >= 15 is 0 Å². The number of nitrogens with one attached hydrogen (secondary N) is 1. The van der Waals surface area contributed by atoms with E-state index in [0.717, 1.165) is 12.1 Å². The van der Waals surface area contributed by atoms with Crippen molar-refractivity contribution >= 4 is 27.3 Å². The van der Waals surface area contributed by atoms with Crippen molar-refractivity contribution in [3.05, 3.63) is 32.5 Å². The van der Waals surface area contributed by atoms with Crippen LogP contribution in [0.3, 0.4) is 0 Å². The zero-order chi connectivity index (χ0) is 13.9. The van der Waals surface area contributed by atoms with Gasteiger partial charge in [-0.2, -0.15) is 0 Å². The Kier molecular flexibility index (Phi) is 4.91. The molecule has 5 nitrogen and oxygen atoms in total. The number of nitrogens with zero attached hydrogens (tertiary/aromatic N) is 1. The quantitative estimate of drug-likeness (QED) is 0.643. The number of anilines is 1. The number of benzene rings is 1. The molecule has 0 saturated carbocycles. The van der Waals surface area contributed by atoms with Crippen LogP contribution in [0.1, 0.15) is 0 Å². The molecule has 0 aliphatic heterocycles. The molecule has 9 heteroatoms. The third kappa shape index (κ3) is 3.57. The zero-order valence-corrected chi connectivity index (χ0v) is 10.3. The fraction of sp³-hybridized carbons (Fsp3) is 0.333. The van der Waals surface area contributed by atoms with Gasteiger partial charge in [0.05, 0.1) is 9.40 Å². The van der Waals surface area contributed by atoms with Gasteiger partial charge in [0.1, 0.15) is 17.6 Å². The van der Waals surface area contributed by atoms with E-state index < -0.39 is 35.5 Å².